The predicted molar refractivity (Wildman–Crippen MR) is 215 cm³/mol. The van der Waals surface area contributed by atoms with Gasteiger partial charge in [-0.3, -0.25) is 4.98 Å². The highest BCUT2D eigenvalue weighted by molar-refractivity contribution is 7.25. The van der Waals surface area contributed by atoms with Gasteiger partial charge in [0.25, 0.3) is 0 Å². The van der Waals surface area contributed by atoms with Crippen LogP contribution in [0.4, 0.5) is 17.1 Å². The molecule has 2 aromatic heterocycles. The molecule has 8 aromatic carbocycles. The molecule has 0 saturated heterocycles. The highest BCUT2D eigenvalue weighted by Gasteiger charge is 2.15. The molecule has 2 heterocycles. The van der Waals surface area contributed by atoms with Crippen molar-refractivity contribution in [3.63, 3.8) is 0 Å². The monoisotopic (exact) mass is 654 g/mol. The zero-order valence-corrected chi connectivity index (χ0v) is 27.9. The Bertz CT molecular complexity index is 2750. The molecule has 0 fully saturated rings. The van der Waals surface area contributed by atoms with E-state index < -0.39 is 0 Å². The van der Waals surface area contributed by atoms with Crippen LogP contribution in [0.3, 0.4) is 0 Å². The summed E-state index contributed by atoms with van der Waals surface area (Å²) in [5, 5.41) is 9.98. The molecular weight excluding hydrogens is 625 g/mol. The largest absolute Gasteiger partial charge is 0.310 e. The molecule has 0 aliphatic carbocycles. The first kappa shape index (κ1) is 28.7. The maximum absolute atomic E-state index is 4.79. The SMILES string of the molecule is c1ccc2cc(-c3ccc(N(c4ccc(-c5cc6ccccc6cn5)cc4)c4ccc5cc6c(cc5c4)sc4ccccc46)cc3)ccc2c1. The summed E-state index contributed by atoms with van der Waals surface area (Å²) < 4.78 is 2.64. The number of hydrogen-bond acceptors (Lipinski definition) is 3. The molecule has 0 amide bonds. The molecule has 0 N–H and O–H groups in total. The quantitative estimate of drug-likeness (QED) is 0.184. The number of fused-ring (bicyclic) bond motifs is 6. The van der Waals surface area contributed by atoms with E-state index in [4.69, 9.17) is 4.98 Å². The van der Waals surface area contributed by atoms with E-state index in [9.17, 15) is 0 Å². The van der Waals surface area contributed by atoms with E-state index in [0.717, 1.165) is 33.7 Å². The molecule has 10 rings (SSSR count). The van der Waals surface area contributed by atoms with Gasteiger partial charge in [0.1, 0.15) is 0 Å². The van der Waals surface area contributed by atoms with Crippen LogP contribution >= 0.6 is 11.3 Å². The van der Waals surface area contributed by atoms with Gasteiger partial charge in [0.15, 0.2) is 0 Å². The summed E-state index contributed by atoms with van der Waals surface area (Å²) in [5.41, 5.74) is 7.79. The van der Waals surface area contributed by atoms with Crippen molar-refractivity contribution >= 4 is 80.9 Å². The Balaban J connectivity index is 1.08. The molecule has 3 heteroatoms. The topological polar surface area (TPSA) is 16.1 Å². The van der Waals surface area contributed by atoms with Gasteiger partial charge < -0.3 is 4.90 Å². The second-order valence-electron chi connectivity index (χ2n) is 12.9. The summed E-state index contributed by atoms with van der Waals surface area (Å²) in [4.78, 5) is 7.14. The third-order valence-electron chi connectivity index (χ3n) is 9.84. The molecule has 10 aromatic rings. The minimum absolute atomic E-state index is 0.972. The molecule has 0 spiro atoms. The molecule has 234 valence electrons. The molecule has 0 bridgehead atoms. The van der Waals surface area contributed by atoms with Crippen LogP contribution in [0.15, 0.2) is 182 Å². The summed E-state index contributed by atoms with van der Waals surface area (Å²) in [6.45, 7) is 0. The van der Waals surface area contributed by atoms with Crippen LogP contribution in [-0.4, -0.2) is 4.98 Å². The van der Waals surface area contributed by atoms with Crippen LogP contribution in [0.5, 0.6) is 0 Å². The van der Waals surface area contributed by atoms with Gasteiger partial charge in [-0.25, -0.2) is 0 Å². The van der Waals surface area contributed by atoms with Crippen molar-refractivity contribution < 1.29 is 0 Å². The maximum Gasteiger partial charge on any atom is 0.0708 e. The standard InChI is InChI=1S/C47H30N2S/c1-2-8-34-25-36(14-13-31(34)7-1)32-15-20-40(21-16-32)49(41-22-17-33(18-23-41)45-28-35-9-3-4-10-38(35)30-48-45)42-24-19-37-27-44-43-11-5-6-12-46(43)50-47(44)29-39(37)26-42/h1-30H. The zero-order valence-electron chi connectivity index (χ0n) is 27.1. The van der Waals surface area contributed by atoms with Crippen LogP contribution in [-0.2, 0) is 0 Å². The van der Waals surface area contributed by atoms with E-state index in [1.54, 1.807) is 0 Å². The summed E-state index contributed by atoms with van der Waals surface area (Å²) in [6.07, 6.45) is 1.96. The summed E-state index contributed by atoms with van der Waals surface area (Å²) >= 11 is 1.86. The van der Waals surface area contributed by atoms with Crippen molar-refractivity contribution in [3.05, 3.63) is 182 Å². The second kappa shape index (κ2) is 11.7. The Morgan fingerprint density at radius 2 is 0.960 bits per heavy atom. The van der Waals surface area contributed by atoms with Gasteiger partial charge in [0.05, 0.1) is 5.69 Å². The molecule has 2 nitrogen and oxygen atoms in total. The second-order valence-corrected chi connectivity index (χ2v) is 14.0. The Labute approximate surface area is 294 Å². The number of pyridine rings is 1. The van der Waals surface area contributed by atoms with Gasteiger partial charge in [-0.15, -0.1) is 11.3 Å². The minimum Gasteiger partial charge on any atom is -0.310 e. The lowest BCUT2D eigenvalue weighted by molar-refractivity contribution is 1.28. The molecule has 0 radical (unpaired) electrons. The van der Waals surface area contributed by atoms with Crippen LogP contribution < -0.4 is 4.90 Å². The van der Waals surface area contributed by atoms with Crippen LogP contribution in [0.25, 0.3) is 74.9 Å². The molecular formula is C47H30N2S. The summed E-state index contributed by atoms with van der Waals surface area (Å²) in [6, 6.07) is 63.8. The molecule has 0 atom stereocenters. The lowest BCUT2D eigenvalue weighted by Gasteiger charge is -2.26. The first-order chi connectivity index (χ1) is 24.7. The highest BCUT2D eigenvalue weighted by Crippen LogP contribution is 2.41. The lowest BCUT2D eigenvalue weighted by Crippen LogP contribution is -2.09. The lowest BCUT2D eigenvalue weighted by atomic mass is 10.0. The Morgan fingerprint density at radius 3 is 1.76 bits per heavy atom. The van der Waals surface area contributed by atoms with Crippen molar-refractivity contribution in [1.82, 2.24) is 4.98 Å². The van der Waals surface area contributed by atoms with Crippen molar-refractivity contribution in [2.24, 2.45) is 0 Å². The van der Waals surface area contributed by atoms with Gasteiger partial charge >= 0.3 is 0 Å². The normalized spacial score (nSPS) is 11.6. The number of thiophene rings is 1. The maximum atomic E-state index is 4.79. The summed E-state index contributed by atoms with van der Waals surface area (Å²) in [5.74, 6) is 0. The van der Waals surface area contributed by atoms with Crippen molar-refractivity contribution in [3.8, 4) is 22.4 Å². The average molecular weight is 655 g/mol. The minimum atomic E-state index is 0.972. The van der Waals surface area contributed by atoms with Gasteiger partial charge in [-0.2, -0.15) is 0 Å². The smallest absolute Gasteiger partial charge is 0.0708 e. The van der Waals surface area contributed by atoms with Gasteiger partial charge in [0.2, 0.25) is 0 Å². The van der Waals surface area contributed by atoms with Crippen LogP contribution in [0.1, 0.15) is 0 Å². The number of rotatable bonds is 5. The van der Waals surface area contributed by atoms with E-state index in [1.165, 1.54) is 58.2 Å². The number of hydrogen-bond donors (Lipinski definition) is 0. The fourth-order valence-electron chi connectivity index (χ4n) is 7.24. The molecule has 0 aliphatic heterocycles. The Hall–Kier alpha value is -6.29. The third-order valence-corrected chi connectivity index (χ3v) is 11.0. The molecule has 0 saturated carbocycles. The molecule has 50 heavy (non-hydrogen) atoms. The Kier molecular flexibility index (Phi) is 6.71. The third kappa shape index (κ3) is 4.99. The highest BCUT2D eigenvalue weighted by atomic mass is 32.1. The van der Waals surface area contributed by atoms with Gasteiger partial charge in [-0.1, -0.05) is 109 Å². The Morgan fingerprint density at radius 1 is 0.360 bits per heavy atom. The van der Waals surface area contributed by atoms with Crippen molar-refractivity contribution in [2.45, 2.75) is 0 Å². The van der Waals surface area contributed by atoms with E-state index in [1.807, 2.05) is 17.5 Å². The molecule has 0 aliphatic rings. The fraction of sp³-hybridized carbons (Fsp3) is 0. The number of anilines is 3. The average Bonchev–Trinajstić information content (AvgIpc) is 3.54. The number of benzene rings is 8. The van der Waals surface area contributed by atoms with Gasteiger partial charge in [-0.05, 0) is 105 Å². The van der Waals surface area contributed by atoms with E-state index in [-0.39, 0.29) is 0 Å². The first-order valence-electron chi connectivity index (χ1n) is 16.9. The number of aromatic nitrogens is 1. The van der Waals surface area contributed by atoms with E-state index >= 15 is 0 Å². The van der Waals surface area contributed by atoms with Crippen molar-refractivity contribution in [2.75, 3.05) is 4.90 Å². The van der Waals surface area contributed by atoms with Gasteiger partial charge in [0, 0.05) is 54.4 Å². The predicted octanol–water partition coefficient (Wildman–Crippen LogP) is 13.7. The zero-order chi connectivity index (χ0) is 33.0. The van der Waals surface area contributed by atoms with E-state index in [2.05, 4.69) is 181 Å². The summed E-state index contributed by atoms with van der Waals surface area (Å²) in [7, 11) is 0. The van der Waals surface area contributed by atoms with Crippen LogP contribution in [0, 0.1) is 0 Å². The van der Waals surface area contributed by atoms with Crippen molar-refractivity contribution in [1.29, 1.82) is 0 Å². The first-order valence-corrected chi connectivity index (χ1v) is 17.7. The molecule has 0 unspecified atom stereocenters. The van der Waals surface area contributed by atoms with E-state index in [0.29, 0.717) is 0 Å². The van der Waals surface area contributed by atoms with Crippen LogP contribution in [0.2, 0.25) is 0 Å². The number of nitrogens with zero attached hydrogens (tertiary/aromatic N) is 2. The fourth-order valence-corrected chi connectivity index (χ4v) is 8.37.